The lowest BCUT2D eigenvalue weighted by Crippen LogP contribution is -2.77. The van der Waals surface area contributed by atoms with Gasteiger partial charge in [-0.05, 0) is 56.5 Å². The maximum atomic E-state index is 14.5. The van der Waals surface area contributed by atoms with Crippen LogP contribution < -0.4 is 5.73 Å². The number of hydrogen-bond donors (Lipinski definition) is 2. The van der Waals surface area contributed by atoms with Crippen molar-refractivity contribution >= 4 is 17.6 Å². The van der Waals surface area contributed by atoms with E-state index in [2.05, 4.69) is 11.9 Å². The lowest BCUT2D eigenvalue weighted by molar-refractivity contribution is -0.280. The second-order valence-corrected chi connectivity index (χ2v) is 15.5. The number of carbonyl (C=O) groups excluding carboxylic acids is 2. The molecule has 6 fully saturated rings. The van der Waals surface area contributed by atoms with E-state index in [0.29, 0.717) is 17.9 Å². The van der Waals surface area contributed by atoms with E-state index in [9.17, 15) is 14.7 Å². The third-order valence-electron chi connectivity index (χ3n) is 13.8. The van der Waals surface area contributed by atoms with Gasteiger partial charge in [0.2, 0.25) is 0 Å². The van der Waals surface area contributed by atoms with Gasteiger partial charge in [-0.2, -0.15) is 0 Å². The van der Waals surface area contributed by atoms with Crippen LogP contribution in [0.25, 0.3) is 0 Å². The largest absolute Gasteiger partial charge is 0.455 e. The fraction of sp³-hybridized carbons (Fsp3) is 0.632. The number of esters is 2. The number of aliphatic hydroxyl groups is 1. The molecule has 3 N–H and O–H groups in total. The molecule has 2 aromatic rings. The minimum Gasteiger partial charge on any atom is -0.455 e. The third-order valence-corrected chi connectivity index (χ3v) is 13.8. The number of carbonyl (C=O) groups is 2. The first-order chi connectivity index (χ1) is 23.6. The van der Waals surface area contributed by atoms with Gasteiger partial charge in [-0.3, -0.25) is 0 Å². The summed E-state index contributed by atoms with van der Waals surface area (Å²) in [6.45, 7) is 1.31. The van der Waals surface area contributed by atoms with E-state index in [1.165, 1.54) is 0 Å². The number of para-hydroxylation sites is 1. The van der Waals surface area contributed by atoms with Gasteiger partial charge in [0.05, 0.1) is 36.0 Å². The molecule has 264 valence electrons. The molecule has 11 heteroatoms. The molecule has 1 spiro atoms. The normalized spacial score (nSPS) is 44.4. The van der Waals surface area contributed by atoms with Crippen LogP contribution in [-0.4, -0.2) is 112 Å². The highest BCUT2D eigenvalue weighted by Crippen LogP contribution is 2.80. The van der Waals surface area contributed by atoms with Crippen molar-refractivity contribution in [2.45, 2.75) is 67.3 Å². The summed E-state index contributed by atoms with van der Waals surface area (Å²) in [5, 5.41) is 12.9. The molecule has 0 amide bonds. The summed E-state index contributed by atoms with van der Waals surface area (Å²) in [6, 6.07) is 15.5. The molecule has 1 aliphatic heterocycles. The van der Waals surface area contributed by atoms with Crippen LogP contribution in [0.2, 0.25) is 0 Å². The Kier molecular flexibility index (Phi) is 7.76. The predicted octanol–water partition coefficient (Wildman–Crippen LogP) is 3.19. The van der Waals surface area contributed by atoms with E-state index in [1.807, 2.05) is 6.07 Å². The minimum absolute atomic E-state index is 0.0448. The number of nitrogen functional groups attached to an aromatic ring is 1. The van der Waals surface area contributed by atoms with Crippen molar-refractivity contribution in [3.8, 4) is 0 Å². The number of anilines is 1. The molecule has 5 aliphatic carbocycles. The first-order valence-corrected chi connectivity index (χ1v) is 17.4. The molecule has 1 unspecified atom stereocenters. The Balaban J connectivity index is 1.38. The highest BCUT2D eigenvalue weighted by atomic mass is 16.6. The molecule has 6 aliphatic rings. The van der Waals surface area contributed by atoms with Crippen LogP contribution in [0.1, 0.15) is 46.4 Å². The zero-order valence-corrected chi connectivity index (χ0v) is 28.9. The van der Waals surface area contributed by atoms with Crippen molar-refractivity contribution in [2.75, 3.05) is 54.4 Å². The standard InChI is InChI=1S/C38H48N2O9/c1-40-19-35(20-44-2)16-15-25(45-3)38-23-17-36(43)26(46-4)18-37(28(31(38)40)29(47-5)30(35)38,49-34(42)22-13-9-10-14-24(22)39)27(23)32(36)48-33(41)21-11-7-6-8-12-21/h6-14,23,25-32,43H,15-20,39H2,1-5H3/t23-,25+,26+,27-,28+,29+,30-,31?,32-,35+,36+,37-,38+/m1/s1. The van der Waals surface area contributed by atoms with Crippen LogP contribution in [0.5, 0.6) is 0 Å². The number of methoxy groups -OCH3 is 4. The topological polar surface area (TPSA) is 139 Å². The van der Waals surface area contributed by atoms with Gasteiger partial charge in [0.15, 0.2) is 0 Å². The molecule has 0 aromatic heterocycles. The van der Waals surface area contributed by atoms with E-state index in [4.69, 9.17) is 34.2 Å². The van der Waals surface area contributed by atoms with Gasteiger partial charge in [-0.1, -0.05) is 30.3 Å². The van der Waals surface area contributed by atoms with Crippen molar-refractivity contribution in [3.63, 3.8) is 0 Å². The van der Waals surface area contributed by atoms with Crippen molar-refractivity contribution in [3.05, 3.63) is 65.7 Å². The van der Waals surface area contributed by atoms with Crippen LogP contribution in [0.15, 0.2) is 54.6 Å². The Morgan fingerprint density at radius 2 is 1.63 bits per heavy atom. The summed E-state index contributed by atoms with van der Waals surface area (Å²) in [6.07, 6.45) is -0.232. The van der Waals surface area contributed by atoms with Gasteiger partial charge < -0.3 is 44.2 Å². The van der Waals surface area contributed by atoms with Gasteiger partial charge in [0.1, 0.15) is 17.3 Å². The number of nitrogens with two attached hydrogens (primary N) is 1. The molecule has 1 heterocycles. The summed E-state index contributed by atoms with van der Waals surface area (Å²) in [4.78, 5) is 30.8. The molecule has 7 bridgehead atoms. The van der Waals surface area contributed by atoms with Crippen molar-refractivity contribution in [1.29, 1.82) is 0 Å². The third kappa shape index (κ3) is 4.11. The van der Waals surface area contributed by atoms with E-state index in [0.717, 1.165) is 19.4 Å². The van der Waals surface area contributed by atoms with Crippen LogP contribution in [0, 0.1) is 34.5 Å². The average Bonchev–Trinajstić information content (AvgIpc) is 3.49. The molecule has 5 saturated carbocycles. The number of piperidine rings is 1. The monoisotopic (exact) mass is 676 g/mol. The van der Waals surface area contributed by atoms with E-state index in [1.54, 1.807) is 77.0 Å². The Labute approximate surface area is 287 Å². The molecule has 8 rings (SSSR count). The molecular weight excluding hydrogens is 628 g/mol. The van der Waals surface area contributed by atoms with Crippen molar-refractivity contribution < 1.29 is 43.1 Å². The molecule has 0 radical (unpaired) electrons. The molecule has 11 nitrogen and oxygen atoms in total. The lowest BCUT2D eigenvalue weighted by Gasteiger charge is -2.69. The summed E-state index contributed by atoms with van der Waals surface area (Å²) in [7, 11) is 8.97. The Hall–Kier alpha value is -3.06. The summed E-state index contributed by atoms with van der Waals surface area (Å²) < 4.78 is 38.8. The maximum absolute atomic E-state index is 14.5. The van der Waals surface area contributed by atoms with Crippen LogP contribution >= 0.6 is 0 Å². The average molecular weight is 677 g/mol. The van der Waals surface area contributed by atoms with Crippen LogP contribution in [0.3, 0.4) is 0 Å². The highest BCUT2D eigenvalue weighted by Gasteiger charge is 2.89. The van der Waals surface area contributed by atoms with Gasteiger partial charge in [-0.15, -0.1) is 0 Å². The quantitative estimate of drug-likeness (QED) is 0.299. The second-order valence-electron chi connectivity index (χ2n) is 15.5. The molecule has 49 heavy (non-hydrogen) atoms. The van der Waals surface area contributed by atoms with Crippen molar-refractivity contribution in [2.24, 2.45) is 34.5 Å². The zero-order chi connectivity index (χ0) is 34.5. The molecule has 2 aromatic carbocycles. The summed E-state index contributed by atoms with van der Waals surface area (Å²) in [5.41, 5.74) is 3.65. The maximum Gasteiger partial charge on any atom is 0.340 e. The molecule has 1 saturated heterocycles. The highest BCUT2D eigenvalue weighted by molar-refractivity contribution is 5.95. The van der Waals surface area contributed by atoms with E-state index >= 15 is 0 Å². The smallest absolute Gasteiger partial charge is 0.340 e. The second kappa shape index (κ2) is 11.5. The number of likely N-dealkylation sites (tertiary alicyclic amines) is 1. The number of nitrogens with zero attached hydrogens (tertiary/aromatic N) is 1. The zero-order valence-electron chi connectivity index (χ0n) is 28.9. The van der Waals surface area contributed by atoms with Gasteiger partial charge in [0, 0.05) is 81.7 Å². The van der Waals surface area contributed by atoms with E-state index in [-0.39, 0.29) is 59.8 Å². The Bertz CT molecular complexity index is 1630. The fourth-order valence-electron chi connectivity index (χ4n) is 12.8. The predicted molar refractivity (Wildman–Crippen MR) is 178 cm³/mol. The Morgan fingerprint density at radius 3 is 2.31 bits per heavy atom. The fourth-order valence-corrected chi connectivity index (χ4v) is 12.8. The van der Waals surface area contributed by atoms with E-state index < -0.39 is 46.7 Å². The molecule has 13 atom stereocenters. The first kappa shape index (κ1) is 33.1. The number of ether oxygens (including phenoxy) is 6. The first-order valence-electron chi connectivity index (χ1n) is 17.4. The number of rotatable bonds is 9. The van der Waals surface area contributed by atoms with Gasteiger partial charge in [0.25, 0.3) is 0 Å². The number of hydrogen-bond acceptors (Lipinski definition) is 11. The van der Waals surface area contributed by atoms with Gasteiger partial charge >= 0.3 is 11.9 Å². The lowest BCUT2D eigenvalue weighted by atomic mass is 9.43. The summed E-state index contributed by atoms with van der Waals surface area (Å²) >= 11 is 0. The molecular formula is C38H48N2O9. The van der Waals surface area contributed by atoms with Crippen LogP contribution in [0.4, 0.5) is 5.69 Å². The van der Waals surface area contributed by atoms with Crippen LogP contribution in [-0.2, 0) is 28.4 Å². The SMILES string of the molecule is COC[C@@]12CC[C@H](OC)[C@]34C([C@H]([C@H](OC)[C@H]13)[C@@]1(OC(=O)c3ccccc3N)C[C@H](OC)[C@@]3(O)C[C@@H]4[C@@H]1[C@H]3OC(=O)c1ccccc1)N(C)C2. The number of benzene rings is 2. The Morgan fingerprint density at radius 1 is 0.918 bits per heavy atom. The van der Waals surface area contributed by atoms with Crippen molar-refractivity contribution in [1.82, 2.24) is 4.90 Å². The number of fused-ring (bicyclic) bond motifs is 2. The van der Waals surface area contributed by atoms with Gasteiger partial charge in [-0.25, -0.2) is 9.59 Å². The minimum atomic E-state index is -1.55. The summed E-state index contributed by atoms with van der Waals surface area (Å²) in [5.74, 6) is -2.41.